The molecule has 1 aromatic carbocycles. The minimum absolute atomic E-state index is 0.155. The van der Waals surface area contributed by atoms with Crippen LogP contribution in [0.3, 0.4) is 0 Å². The quantitative estimate of drug-likeness (QED) is 0.0876. The molecule has 0 spiro atoms. The number of allylic oxidation sites excluding steroid dienone is 4. The van der Waals surface area contributed by atoms with Gasteiger partial charge in [0.25, 0.3) is 0 Å². The van der Waals surface area contributed by atoms with Crippen LogP contribution in [-0.2, 0) is 0 Å². The molecular weight excluding hydrogens is 500 g/mol. The molecule has 1 heterocycles. The molecule has 0 unspecified atom stereocenters. The van der Waals surface area contributed by atoms with E-state index in [0.29, 0.717) is 42.3 Å². The third kappa shape index (κ3) is 12.5. The molecule has 2 rings (SSSR count). The first-order valence-electron chi connectivity index (χ1n) is 15.4. The molecule has 0 saturated heterocycles. The van der Waals surface area contributed by atoms with E-state index in [1.54, 1.807) is 0 Å². The Hall–Kier alpha value is -2.95. The SMILES string of the molecule is CCC=CCCOc1c(OCCCCCCCCCC)c(=O)oc2c(OC/C=C(\C)CCC=C(C)C)cccc12. The molecule has 222 valence electrons. The average Bonchev–Trinajstić information content (AvgIpc) is 2.93. The summed E-state index contributed by atoms with van der Waals surface area (Å²) in [5.74, 6) is 1.12. The number of ether oxygens (including phenoxy) is 3. The maximum absolute atomic E-state index is 13.1. The summed E-state index contributed by atoms with van der Waals surface area (Å²) in [6, 6.07) is 5.62. The molecule has 0 radical (unpaired) electrons. The first-order valence-corrected chi connectivity index (χ1v) is 15.4. The van der Waals surface area contributed by atoms with Crippen LogP contribution in [0.15, 0.2) is 62.9 Å². The zero-order valence-electron chi connectivity index (χ0n) is 25.7. The summed E-state index contributed by atoms with van der Waals surface area (Å²) in [4.78, 5) is 13.1. The van der Waals surface area contributed by atoms with E-state index in [2.05, 4.69) is 58.9 Å². The molecule has 5 heteroatoms. The topological polar surface area (TPSA) is 57.9 Å². The number of fused-ring (bicyclic) bond motifs is 1. The van der Waals surface area contributed by atoms with Gasteiger partial charge >= 0.3 is 5.63 Å². The average molecular weight is 553 g/mol. The highest BCUT2D eigenvalue weighted by molar-refractivity contribution is 5.89. The van der Waals surface area contributed by atoms with E-state index >= 15 is 0 Å². The zero-order valence-corrected chi connectivity index (χ0v) is 25.7. The summed E-state index contributed by atoms with van der Waals surface area (Å²) in [5.41, 5.74) is 2.45. The number of hydrogen-bond donors (Lipinski definition) is 0. The molecule has 5 nitrogen and oxygen atoms in total. The normalized spacial score (nSPS) is 11.8. The third-order valence-electron chi connectivity index (χ3n) is 6.75. The van der Waals surface area contributed by atoms with E-state index < -0.39 is 5.63 Å². The summed E-state index contributed by atoms with van der Waals surface area (Å²) in [6.07, 6.45) is 21.9. The minimum atomic E-state index is -0.532. The molecule has 0 atom stereocenters. The van der Waals surface area contributed by atoms with Gasteiger partial charge in [0, 0.05) is 0 Å². The van der Waals surface area contributed by atoms with Crippen LogP contribution >= 0.6 is 0 Å². The van der Waals surface area contributed by atoms with Gasteiger partial charge in [-0.05, 0) is 71.1 Å². The Morgan fingerprint density at radius 3 is 2.25 bits per heavy atom. The molecule has 1 aromatic heterocycles. The van der Waals surface area contributed by atoms with E-state index in [4.69, 9.17) is 18.6 Å². The van der Waals surface area contributed by atoms with Gasteiger partial charge in [0.1, 0.15) is 6.61 Å². The van der Waals surface area contributed by atoms with Gasteiger partial charge < -0.3 is 18.6 Å². The van der Waals surface area contributed by atoms with Crippen LogP contribution in [0.2, 0.25) is 0 Å². The summed E-state index contributed by atoms with van der Waals surface area (Å²) in [7, 11) is 0. The Labute approximate surface area is 242 Å². The van der Waals surface area contributed by atoms with Crippen molar-refractivity contribution in [2.45, 2.75) is 112 Å². The Kier molecular flexibility index (Phi) is 16.6. The molecule has 40 heavy (non-hydrogen) atoms. The summed E-state index contributed by atoms with van der Waals surface area (Å²) >= 11 is 0. The molecule has 2 aromatic rings. The second kappa shape index (κ2) is 20.0. The van der Waals surface area contributed by atoms with Crippen LogP contribution in [0.5, 0.6) is 17.2 Å². The van der Waals surface area contributed by atoms with Gasteiger partial charge in [-0.15, -0.1) is 0 Å². The van der Waals surface area contributed by atoms with Gasteiger partial charge in [0.15, 0.2) is 17.1 Å². The fourth-order valence-electron chi connectivity index (χ4n) is 4.42. The first-order chi connectivity index (χ1) is 19.5. The van der Waals surface area contributed by atoms with E-state index in [-0.39, 0.29) is 5.75 Å². The minimum Gasteiger partial charge on any atom is -0.488 e. The number of benzene rings is 1. The summed E-state index contributed by atoms with van der Waals surface area (Å²) in [6.45, 7) is 12.0. The van der Waals surface area contributed by atoms with Crippen LogP contribution in [0.25, 0.3) is 11.0 Å². The molecule has 0 bridgehead atoms. The van der Waals surface area contributed by atoms with Gasteiger partial charge in [-0.25, -0.2) is 4.79 Å². The Morgan fingerprint density at radius 1 is 0.800 bits per heavy atom. The Balaban J connectivity index is 2.14. The highest BCUT2D eigenvalue weighted by Crippen LogP contribution is 2.37. The van der Waals surface area contributed by atoms with Crippen molar-refractivity contribution in [1.29, 1.82) is 0 Å². The number of unbranched alkanes of at least 4 members (excludes halogenated alkanes) is 7. The molecule has 0 aliphatic rings. The summed E-state index contributed by atoms with van der Waals surface area (Å²) in [5, 5.41) is 0.687. The smallest absolute Gasteiger partial charge is 0.383 e. The second-order valence-electron chi connectivity index (χ2n) is 10.7. The lowest BCUT2D eigenvalue weighted by Gasteiger charge is -2.15. The van der Waals surface area contributed by atoms with E-state index in [0.717, 1.165) is 38.5 Å². The van der Waals surface area contributed by atoms with Gasteiger partial charge in [-0.3, -0.25) is 0 Å². The predicted molar refractivity (Wildman–Crippen MR) is 168 cm³/mol. The predicted octanol–water partition coefficient (Wildman–Crippen LogP) is 10.1. The van der Waals surface area contributed by atoms with Crippen molar-refractivity contribution in [3.05, 3.63) is 64.1 Å². The molecule has 0 N–H and O–H groups in total. The molecular formula is C35H52O5. The third-order valence-corrected chi connectivity index (χ3v) is 6.75. The fraction of sp³-hybridized carbons (Fsp3) is 0.571. The van der Waals surface area contributed by atoms with E-state index in [1.165, 1.54) is 49.7 Å². The fourth-order valence-corrected chi connectivity index (χ4v) is 4.42. The first kappa shape index (κ1) is 33.3. The maximum Gasteiger partial charge on any atom is 0.383 e. The van der Waals surface area contributed by atoms with Crippen LogP contribution in [0, 0.1) is 0 Å². The standard InChI is InChI=1S/C35H52O5/c1-6-8-10-12-13-14-15-17-26-39-34-33(38-25-16-11-9-7-2)30-22-19-23-31(32(30)40-35(34)36)37-27-24-29(5)21-18-20-28(3)4/h9,11,19-20,22-24H,6-8,10,12-18,21,25-27H2,1-5H3/b11-9?,29-24+. The monoisotopic (exact) mass is 552 g/mol. The Bertz CT molecular complexity index is 1130. The number of rotatable bonds is 21. The second-order valence-corrected chi connectivity index (χ2v) is 10.7. The maximum atomic E-state index is 13.1. The van der Waals surface area contributed by atoms with Crippen molar-refractivity contribution in [2.75, 3.05) is 19.8 Å². The number of para-hydroxylation sites is 1. The highest BCUT2D eigenvalue weighted by atomic mass is 16.5. The largest absolute Gasteiger partial charge is 0.488 e. The summed E-state index contributed by atoms with van der Waals surface area (Å²) < 4.78 is 24.0. The van der Waals surface area contributed by atoms with Crippen molar-refractivity contribution in [2.24, 2.45) is 0 Å². The van der Waals surface area contributed by atoms with Crippen LogP contribution in [0.1, 0.15) is 112 Å². The molecule has 0 aliphatic carbocycles. The van der Waals surface area contributed by atoms with E-state index in [1.807, 2.05) is 18.2 Å². The molecule has 0 aliphatic heterocycles. The zero-order chi connectivity index (χ0) is 29.0. The molecule has 0 saturated carbocycles. The molecule has 0 amide bonds. The lowest BCUT2D eigenvalue weighted by atomic mass is 10.1. The lowest BCUT2D eigenvalue weighted by molar-refractivity contribution is 0.255. The van der Waals surface area contributed by atoms with Gasteiger partial charge in [0.05, 0.1) is 18.6 Å². The van der Waals surface area contributed by atoms with Crippen LogP contribution in [0.4, 0.5) is 0 Å². The number of hydrogen-bond acceptors (Lipinski definition) is 5. The van der Waals surface area contributed by atoms with Crippen LogP contribution in [-0.4, -0.2) is 19.8 Å². The molecule has 0 fully saturated rings. The van der Waals surface area contributed by atoms with Crippen molar-refractivity contribution in [3.63, 3.8) is 0 Å². The van der Waals surface area contributed by atoms with Gasteiger partial charge in [-0.2, -0.15) is 0 Å². The van der Waals surface area contributed by atoms with Crippen molar-refractivity contribution < 1.29 is 18.6 Å². The van der Waals surface area contributed by atoms with Crippen molar-refractivity contribution >= 4 is 11.0 Å². The van der Waals surface area contributed by atoms with E-state index in [9.17, 15) is 4.79 Å². The Morgan fingerprint density at radius 2 is 1.52 bits per heavy atom. The van der Waals surface area contributed by atoms with Crippen LogP contribution < -0.4 is 19.8 Å². The van der Waals surface area contributed by atoms with Crippen molar-refractivity contribution in [1.82, 2.24) is 0 Å². The highest BCUT2D eigenvalue weighted by Gasteiger charge is 2.20. The lowest BCUT2D eigenvalue weighted by Crippen LogP contribution is -2.12. The van der Waals surface area contributed by atoms with Gasteiger partial charge in [0.2, 0.25) is 5.75 Å². The van der Waals surface area contributed by atoms with Crippen molar-refractivity contribution in [3.8, 4) is 17.2 Å². The van der Waals surface area contributed by atoms with Gasteiger partial charge in [-0.1, -0.05) is 94.2 Å².